The lowest BCUT2D eigenvalue weighted by Gasteiger charge is -2.26. The van der Waals surface area contributed by atoms with E-state index in [4.69, 9.17) is 0 Å². The molecule has 1 aromatic carbocycles. The molecule has 1 aliphatic carbocycles. The molecular weight excluding hydrogens is 318 g/mol. The number of rotatable bonds is 8. The van der Waals surface area contributed by atoms with Gasteiger partial charge in [-0.2, -0.15) is 0 Å². The highest BCUT2D eigenvalue weighted by Crippen LogP contribution is 2.29. The minimum absolute atomic E-state index is 0.0728. The third kappa shape index (κ3) is 5.45. The highest BCUT2D eigenvalue weighted by molar-refractivity contribution is 7.99. The fourth-order valence-electron chi connectivity index (χ4n) is 2.84. The maximum Gasteiger partial charge on any atom is 0.249 e. The van der Waals surface area contributed by atoms with Crippen molar-refractivity contribution in [2.45, 2.75) is 44.1 Å². The molecule has 0 saturated carbocycles. The van der Waals surface area contributed by atoms with Gasteiger partial charge in [0.1, 0.15) is 5.76 Å². The summed E-state index contributed by atoms with van der Waals surface area (Å²) < 4.78 is 0. The van der Waals surface area contributed by atoms with Gasteiger partial charge >= 0.3 is 0 Å². The molecule has 0 spiro atoms. The van der Waals surface area contributed by atoms with Crippen molar-refractivity contribution < 1.29 is 9.90 Å². The van der Waals surface area contributed by atoms with Crippen molar-refractivity contribution in [3.8, 4) is 0 Å². The molecule has 0 radical (unpaired) electrons. The van der Waals surface area contributed by atoms with E-state index in [0.29, 0.717) is 6.42 Å². The maximum atomic E-state index is 12.8. The molecule has 0 heterocycles. The molecule has 2 rings (SSSR count). The summed E-state index contributed by atoms with van der Waals surface area (Å²) in [7, 11) is 0. The van der Waals surface area contributed by atoms with E-state index in [1.54, 1.807) is 17.8 Å². The Morgan fingerprint density at radius 3 is 2.50 bits per heavy atom. The number of carbonyl (C=O) groups is 1. The highest BCUT2D eigenvalue weighted by Gasteiger charge is 2.23. The van der Waals surface area contributed by atoms with E-state index in [1.807, 2.05) is 29.2 Å². The van der Waals surface area contributed by atoms with Gasteiger partial charge in [0.2, 0.25) is 5.91 Å². The fraction of sp³-hybridized carbons (Fsp3) is 0.450. The van der Waals surface area contributed by atoms with Crippen LogP contribution in [0.25, 0.3) is 0 Å². The van der Waals surface area contributed by atoms with Gasteiger partial charge in [0.15, 0.2) is 0 Å². The van der Waals surface area contributed by atoms with Gasteiger partial charge in [0.05, 0.1) is 0 Å². The van der Waals surface area contributed by atoms with Crippen LogP contribution in [0.2, 0.25) is 0 Å². The summed E-state index contributed by atoms with van der Waals surface area (Å²) in [5, 5.41) is 10.2. The van der Waals surface area contributed by atoms with Crippen molar-refractivity contribution in [3.63, 3.8) is 0 Å². The average Bonchev–Trinajstić information content (AvgIpc) is 2.59. The normalized spacial score (nSPS) is 17.2. The molecule has 1 aromatic rings. The molecule has 0 saturated heterocycles. The lowest BCUT2D eigenvalue weighted by molar-refractivity contribution is -0.127. The SMILES string of the molecule is CCCN(CCC)C(=O)C1=CC(O)=CC(SCc2ccccc2)C1. The predicted molar refractivity (Wildman–Crippen MR) is 102 cm³/mol. The van der Waals surface area contributed by atoms with Crippen molar-refractivity contribution in [1.29, 1.82) is 0 Å². The molecule has 4 heteroatoms. The summed E-state index contributed by atoms with van der Waals surface area (Å²) in [6.07, 6.45) is 6.08. The number of hydrogen-bond donors (Lipinski definition) is 1. The standard InChI is InChI=1S/C20H27NO2S/c1-3-10-21(11-4-2)20(23)17-12-18(22)14-19(13-17)24-15-16-8-6-5-7-9-16/h5-9,12,14,19,22H,3-4,10-11,13,15H2,1-2H3. The van der Waals surface area contributed by atoms with Crippen molar-refractivity contribution in [1.82, 2.24) is 4.90 Å². The molecule has 1 N–H and O–H groups in total. The van der Waals surface area contributed by atoms with Crippen LogP contribution in [0.1, 0.15) is 38.7 Å². The first-order chi connectivity index (χ1) is 11.6. The van der Waals surface area contributed by atoms with Crippen LogP contribution in [0.4, 0.5) is 0 Å². The van der Waals surface area contributed by atoms with Gasteiger partial charge in [0, 0.05) is 29.7 Å². The molecule has 1 amide bonds. The molecule has 0 bridgehead atoms. The van der Waals surface area contributed by atoms with Gasteiger partial charge in [-0.25, -0.2) is 0 Å². The Bertz CT molecular complexity index is 589. The molecule has 1 aliphatic rings. The van der Waals surface area contributed by atoms with E-state index < -0.39 is 0 Å². The monoisotopic (exact) mass is 345 g/mol. The van der Waals surface area contributed by atoms with E-state index in [1.165, 1.54) is 5.56 Å². The Morgan fingerprint density at radius 2 is 1.88 bits per heavy atom. The number of hydrogen-bond acceptors (Lipinski definition) is 3. The Labute approximate surface area is 149 Å². The third-order valence-electron chi connectivity index (χ3n) is 3.96. The number of thioether (sulfide) groups is 1. The largest absolute Gasteiger partial charge is 0.508 e. The van der Waals surface area contributed by atoms with Crippen LogP contribution >= 0.6 is 11.8 Å². The lowest BCUT2D eigenvalue weighted by Crippen LogP contribution is -2.34. The Kier molecular flexibility index (Phi) is 7.44. The van der Waals surface area contributed by atoms with Crippen LogP contribution in [0.15, 0.2) is 53.8 Å². The molecule has 0 aromatic heterocycles. The summed E-state index contributed by atoms with van der Waals surface area (Å²) >= 11 is 1.77. The number of nitrogens with zero attached hydrogens (tertiary/aromatic N) is 1. The third-order valence-corrected chi connectivity index (χ3v) is 5.19. The van der Waals surface area contributed by atoms with Crippen LogP contribution < -0.4 is 0 Å². The molecule has 3 nitrogen and oxygen atoms in total. The Balaban J connectivity index is 1.99. The zero-order chi connectivity index (χ0) is 17.4. The first-order valence-electron chi connectivity index (χ1n) is 8.70. The van der Waals surface area contributed by atoms with E-state index in [0.717, 1.165) is 37.3 Å². The summed E-state index contributed by atoms with van der Waals surface area (Å²) in [5.74, 6) is 1.16. The number of benzene rings is 1. The number of aliphatic hydroxyl groups excluding tert-OH is 1. The van der Waals surface area contributed by atoms with Crippen LogP contribution in [0.3, 0.4) is 0 Å². The molecule has 1 atom stereocenters. The molecule has 0 fully saturated rings. The van der Waals surface area contributed by atoms with Crippen LogP contribution in [0.5, 0.6) is 0 Å². The predicted octanol–water partition coefficient (Wildman–Crippen LogP) is 4.71. The fourth-order valence-corrected chi connectivity index (χ4v) is 3.98. The topological polar surface area (TPSA) is 40.5 Å². The minimum atomic E-state index is 0.0728. The van der Waals surface area contributed by atoms with Crippen LogP contribution in [0, 0.1) is 0 Å². The lowest BCUT2D eigenvalue weighted by atomic mass is 10.0. The second-order valence-electron chi connectivity index (χ2n) is 6.09. The summed E-state index contributed by atoms with van der Waals surface area (Å²) in [5.41, 5.74) is 1.99. The van der Waals surface area contributed by atoms with Gasteiger partial charge in [0.25, 0.3) is 0 Å². The van der Waals surface area contributed by atoms with Gasteiger partial charge < -0.3 is 10.0 Å². The quantitative estimate of drug-likeness (QED) is 0.742. The van der Waals surface area contributed by atoms with Crippen molar-refractivity contribution >= 4 is 17.7 Å². The summed E-state index contributed by atoms with van der Waals surface area (Å²) in [6, 6.07) is 10.3. The summed E-state index contributed by atoms with van der Waals surface area (Å²) in [4.78, 5) is 14.7. The second kappa shape index (κ2) is 9.58. The van der Waals surface area contributed by atoms with E-state index in [2.05, 4.69) is 26.0 Å². The smallest absolute Gasteiger partial charge is 0.249 e. The summed E-state index contributed by atoms with van der Waals surface area (Å²) in [6.45, 7) is 5.72. The number of allylic oxidation sites excluding steroid dienone is 1. The van der Waals surface area contributed by atoms with Crippen molar-refractivity contribution in [2.24, 2.45) is 0 Å². The van der Waals surface area contributed by atoms with Crippen LogP contribution in [-0.4, -0.2) is 34.3 Å². The van der Waals surface area contributed by atoms with Gasteiger partial charge in [-0.15, -0.1) is 11.8 Å². The molecule has 0 aliphatic heterocycles. The molecule has 1 unspecified atom stereocenters. The average molecular weight is 346 g/mol. The maximum absolute atomic E-state index is 12.8. The first kappa shape index (κ1) is 18.7. The second-order valence-corrected chi connectivity index (χ2v) is 7.32. The van der Waals surface area contributed by atoms with Crippen LogP contribution in [-0.2, 0) is 10.5 Å². The first-order valence-corrected chi connectivity index (χ1v) is 9.75. The van der Waals surface area contributed by atoms with Crippen molar-refractivity contribution in [2.75, 3.05) is 13.1 Å². The number of amides is 1. The Morgan fingerprint density at radius 1 is 1.21 bits per heavy atom. The van der Waals surface area contributed by atoms with E-state index in [-0.39, 0.29) is 16.9 Å². The minimum Gasteiger partial charge on any atom is -0.508 e. The number of carbonyl (C=O) groups excluding carboxylic acids is 1. The molecule has 130 valence electrons. The zero-order valence-electron chi connectivity index (χ0n) is 14.6. The van der Waals surface area contributed by atoms with Gasteiger partial charge in [-0.05, 0) is 37.0 Å². The zero-order valence-corrected chi connectivity index (χ0v) is 15.4. The number of aliphatic hydroxyl groups is 1. The van der Waals surface area contributed by atoms with E-state index >= 15 is 0 Å². The molecular formula is C20H27NO2S. The Hall–Kier alpha value is -1.68. The highest BCUT2D eigenvalue weighted by atomic mass is 32.2. The molecule has 24 heavy (non-hydrogen) atoms. The van der Waals surface area contributed by atoms with Gasteiger partial charge in [-0.3, -0.25) is 4.79 Å². The van der Waals surface area contributed by atoms with E-state index in [9.17, 15) is 9.90 Å². The van der Waals surface area contributed by atoms with Gasteiger partial charge in [-0.1, -0.05) is 44.2 Å². The van der Waals surface area contributed by atoms with Crippen molar-refractivity contribution in [3.05, 3.63) is 59.4 Å².